The van der Waals surface area contributed by atoms with Crippen LogP contribution in [0.15, 0.2) is 79.0 Å². The molecule has 1 amide bonds. The molecule has 2 aromatic carbocycles. The maximum Gasteiger partial charge on any atom is 0.251 e. The summed E-state index contributed by atoms with van der Waals surface area (Å²) in [6, 6.07) is 23.8. The van der Waals surface area contributed by atoms with E-state index in [1.165, 1.54) is 5.56 Å². The van der Waals surface area contributed by atoms with E-state index in [2.05, 4.69) is 34.3 Å². The number of pyridine rings is 1. The summed E-state index contributed by atoms with van der Waals surface area (Å²) in [6.45, 7) is 4.18. The molecule has 0 unspecified atom stereocenters. The fourth-order valence-electron chi connectivity index (χ4n) is 2.77. The van der Waals surface area contributed by atoms with Crippen LogP contribution >= 0.6 is 0 Å². The Kier molecular flexibility index (Phi) is 5.99. The van der Waals surface area contributed by atoms with Crippen LogP contribution in [0.5, 0.6) is 0 Å². The van der Waals surface area contributed by atoms with Gasteiger partial charge in [0, 0.05) is 31.4 Å². The molecule has 4 heteroatoms. The van der Waals surface area contributed by atoms with Crippen LogP contribution in [-0.2, 0) is 13.1 Å². The van der Waals surface area contributed by atoms with Gasteiger partial charge in [-0.05, 0) is 30.2 Å². The van der Waals surface area contributed by atoms with E-state index in [1.807, 2.05) is 54.6 Å². The van der Waals surface area contributed by atoms with Crippen molar-refractivity contribution in [2.45, 2.75) is 20.0 Å². The molecule has 0 saturated heterocycles. The van der Waals surface area contributed by atoms with Crippen molar-refractivity contribution in [3.63, 3.8) is 0 Å². The van der Waals surface area contributed by atoms with Crippen molar-refractivity contribution in [3.8, 4) is 0 Å². The lowest BCUT2D eigenvalue weighted by Crippen LogP contribution is -2.25. The van der Waals surface area contributed by atoms with Gasteiger partial charge in [-0.2, -0.15) is 0 Å². The zero-order valence-corrected chi connectivity index (χ0v) is 14.9. The Labute approximate surface area is 154 Å². The molecule has 0 aliphatic heterocycles. The number of carbonyl (C=O) groups excluding carboxylic acids is 1. The molecule has 1 aromatic heterocycles. The maximum atomic E-state index is 12.5. The normalized spacial score (nSPS) is 10.3. The lowest BCUT2D eigenvalue weighted by atomic mass is 10.2. The number of carbonyl (C=O) groups is 1. The highest BCUT2D eigenvalue weighted by molar-refractivity contribution is 5.94. The van der Waals surface area contributed by atoms with Crippen molar-refractivity contribution < 1.29 is 4.79 Å². The van der Waals surface area contributed by atoms with Gasteiger partial charge in [-0.3, -0.25) is 4.79 Å². The van der Waals surface area contributed by atoms with Gasteiger partial charge in [-0.1, -0.05) is 60.7 Å². The largest absolute Gasteiger partial charge is 0.353 e. The second kappa shape index (κ2) is 8.81. The average molecular weight is 345 g/mol. The molecule has 1 heterocycles. The second-order valence-corrected chi connectivity index (χ2v) is 6.07. The van der Waals surface area contributed by atoms with Crippen molar-refractivity contribution in [2.75, 3.05) is 11.4 Å². The Hall–Kier alpha value is -3.14. The zero-order valence-electron chi connectivity index (χ0n) is 14.9. The molecular weight excluding hydrogens is 322 g/mol. The Morgan fingerprint density at radius 2 is 1.62 bits per heavy atom. The van der Waals surface area contributed by atoms with Crippen LogP contribution in [0.25, 0.3) is 0 Å². The molecule has 26 heavy (non-hydrogen) atoms. The Morgan fingerprint density at radius 3 is 2.27 bits per heavy atom. The van der Waals surface area contributed by atoms with E-state index in [-0.39, 0.29) is 5.91 Å². The van der Waals surface area contributed by atoms with E-state index < -0.39 is 0 Å². The topological polar surface area (TPSA) is 45.2 Å². The summed E-state index contributed by atoms with van der Waals surface area (Å²) >= 11 is 0. The van der Waals surface area contributed by atoms with Crippen LogP contribution in [0.4, 0.5) is 5.82 Å². The van der Waals surface area contributed by atoms with Crippen molar-refractivity contribution in [3.05, 3.63) is 95.7 Å². The van der Waals surface area contributed by atoms with Crippen LogP contribution in [0.1, 0.15) is 28.4 Å². The van der Waals surface area contributed by atoms with E-state index in [4.69, 9.17) is 0 Å². The van der Waals surface area contributed by atoms with E-state index >= 15 is 0 Å². The first-order valence-corrected chi connectivity index (χ1v) is 8.83. The third-order valence-corrected chi connectivity index (χ3v) is 4.23. The second-order valence-electron chi connectivity index (χ2n) is 6.07. The lowest BCUT2D eigenvalue weighted by Gasteiger charge is -2.22. The van der Waals surface area contributed by atoms with Gasteiger partial charge in [0.2, 0.25) is 0 Å². The van der Waals surface area contributed by atoms with Crippen molar-refractivity contribution >= 4 is 11.7 Å². The van der Waals surface area contributed by atoms with Crippen molar-refractivity contribution in [1.82, 2.24) is 10.3 Å². The molecule has 0 atom stereocenters. The number of benzene rings is 2. The number of nitrogens with zero attached hydrogens (tertiary/aromatic N) is 2. The molecule has 1 N–H and O–H groups in total. The standard InChI is InChI=1S/C22H23N3O/c1-2-25(17-19-11-7-4-8-12-19)21-15-20(13-14-23-21)22(26)24-16-18-9-5-3-6-10-18/h3-15H,2,16-17H2,1H3,(H,24,26). The first-order chi connectivity index (χ1) is 12.8. The molecule has 0 radical (unpaired) electrons. The van der Waals surface area contributed by atoms with Crippen LogP contribution in [0.3, 0.4) is 0 Å². The molecule has 4 nitrogen and oxygen atoms in total. The number of anilines is 1. The lowest BCUT2D eigenvalue weighted by molar-refractivity contribution is 0.0951. The van der Waals surface area contributed by atoms with Gasteiger partial charge < -0.3 is 10.2 Å². The van der Waals surface area contributed by atoms with Crippen LogP contribution in [-0.4, -0.2) is 17.4 Å². The number of amides is 1. The summed E-state index contributed by atoms with van der Waals surface area (Å²) in [4.78, 5) is 19.1. The van der Waals surface area contributed by atoms with E-state index in [0.29, 0.717) is 12.1 Å². The number of hydrogen-bond donors (Lipinski definition) is 1. The summed E-state index contributed by atoms with van der Waals surface area (Å²) in [5.41, 5.74) is 2.92. The fourth-order valence-corrected chi connectivity index (χ4v) is 2.77. The molecule has 0 aliphatic carbocycles. The molecule has 0 fully saturated rings. The van der Waals surface area contributed by atoms with Gasteiger partial charge in [0.25, 0.3) is 5.91 Å². The van der Waals surface area contributed by atoms with Crippen molar-refractivity contribution in [2.24, 2.45) is 0 Å². The maximum absolute atomic E-state index is 12.5. The highest BCUT2D eigenvalue weighted by Gasteiger charge is 2.11. The monoisotopic (exact) mass is 345 g/mol. The number of hydrogen-bond acceptors (Lipinski definition) is 3. The summed E-state index contributed by atoms with van der Waals surface area (Å²) in [6.07, 6.45) is 1.69. The highest BCUT2D eigenvalue weighted by Crippen LogP contribution is 2.16. The van der Waals surface area contributed by atoms with Crippen LogP contribution in [0.2, 0.25) is 0 Å². The first-order valence-electron chi connectivity index (χ1n) is 8.83. The van der Waals surface area contributed by atoms with Gasteiger partial charge in [0.15, 0.2) is 0 Å². The molecule has 0 spiro atoms. The molecule has 0 aliphatic rings. The van der Waals surface area contributed by atoms with Crippen molar-refractivity contribution in [1.29, 1.82) is 0 Å². The summed E-state index contributed by atoms with van der Waals surface area (Å²) in [7, 11) is 0. The van der Waals surface area contributed by atoms with Crippen LogP contribution < -0.4 is 10.2 Å². The Balaban J connectivity index is 1.69. The van der Waals surface area contributed by atoms with Crippen LogP contribution in [0, 0.1) is 0 Å². The Morgan fingerprint density at radius 1 is 0.962 bits per heavy atom. The van der Waals surface area contributed by atoms with E-state index in [1.54, 1.807) is 12.3 Å². The predicted molar refractivity (Wildman–Crippen MR) is 105 cm³/mol. The third-order valence-electron chi connectivity index (χ3n) is 4.23. The van der Waals surface area contributed by atoms with Gasteiger partial charge in [0.1, 0.15) is 5.82 Å². The summed E-state index contributed by atoms with van der Waals surface area (Å²) < 4.78 is 0. The smallest absolute Gasteiger partial charge is 0.251 e. The number of aromatic nitrogens is 1. The molecule has 0 saturated carbocycles. The van der Waals surface area contributed by atoms with Gasteiger partial charge in [-0.25, -0.2) is 4.98 Å². The van der Waals surface area contributed by atoms with E-state index in [0.717, 1.165) is 24.5 Å². The first kappa shape index (κ1) is 17.7. The summed E-state index contributed by atoms with van der Waals surface area (Å²) in [5, 5.41) is 2.96. The quantitative estimate of drug-likeness (QED) is 0.703. The van der Waals surface area contributed by atoms with Gasteiger partial charge >= 0.3 is 0 Å². The summed E-state index contributed by atoms with van der Waals surface area (Å²) in [5.74, 6) is 0.719. The molecule has 3 rings (SSSR count). The minimum absolute atomic E-state index is 0.0896. The van der Waals surface area contributed by atoms with Gasteiger partial charge in [0.05, 0.1) is 0 Å². The highest BCUT2D eigenvalue weighted by atomic mass is 16.1. The molecule has 0 bridgehead atoms. The molecule has 132 valence electrons. The van der Waals surface area contributed by atoms with E-state index in [9.17, 15) is 4.79 Å². The Bertz CT molecular complexity index is 834. The minimum Gasteiger partial charge on any atom is -0.353 e. The number of nitrogens with one attached hydrogen (secondary N) is 1. The zero-order chi connectivity index (χ0) is 18.2. The molecule has 3 aromatic rings. The fraction of sp³-hybridized carbons (Fsp3) is 0.182. The van der Waals surface area contributed by atoms with Gasteiger partial charge in [-0.15, -0.1) is 0 Å². The number of rotatable bonds is 7. The third kappa shape index (κ3) is 4.70. The molecular formula is C22H23N3O. The average Bonchev–Trinajstić information content (AvgIpc) is 2.72. The predicted octanol–water partition coefficient (Wildman–Crippen LogP) is 4.04. The minimum atomic E-state index is -0.0896. The SMILES string of the molecule is CCN(Cc1ccccc1)c1cc(C(=O)NCc2ccccc2)ccn1.